The molecule has 0 saturated heterocycles. The van der Waals surface area contributed by atoms with Crippen LogP contribution in [0.3, 0.4) is 0 Å². The molecule has 1 rings (SSSR count). The summed E-state index contributed by atoms with van der Waals surface area (Å²) in [7, 11) is 1.57. The Labute approximate surface area is 89.4 Å². The van der Waals surface area contributed by atoms with Gasteiger partial charge in [-0.25, -0.2) is 0 Å². The minimum absolute atomic E-state index is 0.0155. The maximum atomic E-state index is 11.0. The smallest absolute Gasteiger partial charge is 0.257 e. The van der Waals surface area contributed by atoms with Gasteiger partial charge < -0.3 is 15.8 Å². The predicted octanol–water partition coefficient (Wildman–Crippen LogP) is 1.01. The van der Waals surface area contributed by atoms with Crippen molar-refractivity contribution in [3.8, 4) is 5.75 Å². The van der Waals surface area contributed by atoms with E-state index in [0.717, 1.165) is 11.1 Å². The number of nitrogens with one attached hydrogen (secondary N) is 1. The zero-order valence-electron chi connectivity index (χ0n) is 9.26. The monoisotopic (exact) mass is 208 g/mol. The number of anilines is 1. The Hall–Kier alpha value is -1.71. The highest BCUT2D eigenvalue weighted by Crippen LogP contribution is 2.27. The number of likely N-dealkylation sites (N-methyl/N-ethyl adjacent to an activating group) is 1. The van der Waals surface area contributed by atoms with E-state index in [4.69, 9.17) is 10.5 Å². The van der Waals surface area contributed by atoms with Gasteiger partial charge in [0.25, 0.3) is 5.91 Å². The van der Waals surface area contributed by atoms with E-state index in [1.54, 1.807) is 7.05 Å². The number of ether oxygens (including phenoxy) is 1. The lowest BCUT2D eigenvalue weighted by Crippen LogP contribution is -2.25. The molecule has 4 heteroatoms. The number of rotatable bonds is 3. The van der Waals surface area contributed by atoms with Crippen molar-refractivity contribution in [1.82, 2.24) is 5.32 Å². The number of nitrogens with two attached hydrogens (primary N) is 1. The zero-order valence-corrected chi connectivity index (χ0v) is 9.26. The van der Waals surface area contributed by atoms with Crippen LogP contribution in [0.4, 0.5) is 5.69 Å². The second kappa shape index (κ2) is 4.68. The minimum atomic E-state index is -0.156. The average molecular weight is 208 g/mol. The summed E-state index contributed by atoms with van der Waals surface area (Å²) in [4.78, 5) is 11.0. The average Bonchev–Trinajstić information content (AvgIpc) is 2.23. The van der Waals surface area contributed by atoms with Crippen molar-refractivity contribution in [2.75, 3.05) is 19.4 Å². The molecule has 1 amide bonds. The summed E-state index contributed by atoms with van der Waals surface area (Å²) in [5, 5.41) is 2.49. The Morgan fingerprint density at radius 1 is 1.47 bits per heavy atom. The fraction of sp³-hybridized carbons (Fsp3) is 0.364. The number of hydrogen-bond acceptors (Lipinski definition) is 3. The Bertz CT molecular complexity index is 375. The zero-order chi connectivity index (χ0) is 11.4. The Morgan fingerprint density at radius 3 is 2.73 bits per heavy atom. The van der Waals surface area contributed by atoms with Gasteiger partial charge in [0.1, 0.15) is 5.75 Å². The van der Waals surface area contributed by atoms with E-state index in [0.29, 0.717) is 11.4 Å². The lowest BCUT2D eigenvalue weighted by molar-refractivity contribution is -0.122. The second-order valence-electron chi connectivity index (χ2n) is 3.39. The standard InChI is InChI=1S/C11H16N2O2/c1-7-4-5-9(12)8(2)11(7)15-6-10(14)13-3/h4-5H,6,12H2,1-3H3,(H,13,14). The van der Waals surface area contributed by atoms with Crippen molar-refractivity contribution in [2.45, 2.75) is 13.8 Å². The third kappa shape index (κ3) is 2.62. The molecule has 1 aromatic rings. The van der Waals surface area contributed by atoms with Crippen molar-refractivity contribution in [3.05, 3.63) is 23.3 Å². The summed E-state index contributed by atoms with van der Waals surface area (Å²) >= 11 is 0. The third-order valence-corrected chi connectivity index (χ3v) is 2.27. The summed E-state index contributed by atoms with van der Waals surface area (Å²) in [5.74, 6) is 0.537. The maximum Gasteiger partial charge on any atom is 0.257 e. The second-order valence-corrected chi connectivity index (χ2v) is 3.39. The molecular formula is C11H16N2O2. The summed E-state index contributed by atoms with van der Waals surface area (Å²) < 4.78 is 5.41. The topological polar surface area (TPSA) is 64.3 Å². The van der Waals surface area contributed by atoms with Crippen molar-refractivity contribution in [3.63, 3.8) is 0 Å². The summed E-state index contributed by atoms with van der Waals surface area (Å²) in [6, 6.07) is 3.71. The van der Waals surface area contributed by atoms with Crippen LogP contribution in [0.25, 0.3) is 0 Å². The van der Waals surface area contributed by atoms with Crippen LogP contribution in [-0.4, -0.2) is 19.6 Å². The van der Waals surface area contributed by atoms with Crippen LogP contribution in [0.15, 0.2) is 12.1 Å². The summed E-state index contributed by atoms with van der Waals surface area (Å²) in [6.45, 7) is 3.81. The predicted molar refractivity (Wildman–Crippen MR) is 59.9 cm³/mol. The van der Waals surface area contributed by atoms with E-state index >= 15 is 0 Å². The Kier molecular flexibility index (Phi) is 3.55. The fourth-order valence-corrected chi connectivity index (χ4v) is 1.27. The molecule has 0 bridgehead atoms. The number of nitrogen functional groups attached to an aromatic ring is 1. The van der Waals surface area contributed by atoms with Crippen LogP contribution in [0.5, 0.6) is 5.75 Å². The van der Waals surface area contributed by atoms with Gasteiger partial charge in [0.15, 0.2) is 6.61 Å². The molecule has 3 N–H and O–H groups in total. The molecule has 0 radical (unpaired) electrons. The molecule has 0 aromatic heterocycles. The van der Waals surface area contributed by atoms with Crippen LogP contribution in [-0.2, 0) is 4.79 Å². The van der Waals surface area contributed by atoms with E-state index in [1.165, 1.54) is 0 Å². The quantitative estimate of drug-likeness (QED) is 0.729. The first kappa shape index (κ1) is 11.4. The molecule has 15 heavy (non-hydrogen) atoms. The first-order valence-electron chi connectivity index (χ1n) is 4.75. The van der Waals surface area contributed by atoms with E-state index in [1.807, 2.05) is 26.0 Å². The highest BCUT2D eigenvalue weighted by Gasteiger charge is 2.08. The molecule has 4 nitrogen and oxygen atoms in total. The van der Waals surface area contributed by atoms with Gasteiger partial charge in [0, 0.05) is 18.3 Å². The molecule has 0 saturated carbocycles. The highest BCUT2D eigenvalue weighted by atomic mass is 16.5. The molecule has 0 atom stereocenters. The minimum Gasteiger partial charge on any atom is -0.483 e. The fourth-order valence-electron chi connectivity index (χ4n) is 1.27. The molecular weight excluding hydrogens is 192 g/mol. The summed E-state index contributed by atoms with van der Waals surface area (Å²) in [5.41, 5.74) is 8.27. The lowest BCUT2D eigenvalue weighted by Gasteiger charge is -2.12. The molecule has 0 unspecified atom stereocenters. The van der Waals surface area contributed by atoms with E-state index in [2.05, 4.69) is 5.32 Å². The number of aryl methyl sites for hydroxylation is 1. The largest absolute Gasteiger partial charge is 0.483 e. The van der Waals surface area contributed by atoms with Gasteiger partial charge in [-0.3, -0.25) is 4.79 Å². The summed E-state index contributed by atoms with van der Waals surface area (Å²) in [6.07, 6.45) is 0. The molecule has 0 spiro atoms. The van der Waals surface area contributed by atoms with Crippen LogP contribution in [0.1, 0.15) is 11.1 Å². The van der Waals surface area contributed by atoms with Gasteiger partial charge in [0.2, 0.25) is 0 Å². The maximum absolute atomic E-state index is 11.0. The van der Waals surface area contributed by atoms with Gasteiger partial charge in [-0.1, -0.05) is 6.07 Å². The molecule has 0 aliphatic rings. The van der Waals surface area contributed by atoms with Crippen molar-refractivity contribution in [1.29, 1.82) is 0 Å². The number of hydrogen-bond donors (Lipinski definition) is 2. The molecule has 0 aliphatic heterocycles. The van der Waals surface area contributed by atoms with Crippen LogP contribution in [0, 0.1) is 13.8 Å². The first-order chi connectivity index (χ1) is 7.06. The highest BCUT2D eigenvalue weighted by molar-refractivity contribution is 5.77. The SMILES string of the molecule is CNC(=O)COc1c(C)ccc(N)c1C. The van der Waals surface area contributed by atoms with Gasteiger partial charge in [0.05, 0.1) is 0 Å². The van der Waals surface area contributed by atoms with Crippen LogP contribution < -0.4 is 15.8 Å². The van der Waals surface area contributed by atoms with Gasteiger partial charge in [-0.2, -0.15) is 0 Å². The van der Waals surface area contributed by atoms with Crippen LogP contribution in [0.2, 0.25) is 0 Å². The van der Waals surface area contributed by atoms with Crippen molar-refractivity contribution < 1.29 is 9.53 Å². The third-order valence-electron chi connectivity index (χ3n) is 2.27. The molecule has 1 aromatic carbocycles. The Morgan fingerprint density at radius 2 is 2.13 bits per heavy atom. The Balaban J connectivity index is 2.84. The molecule has 0 aliphatic carbocycles. The lowest BCUT2D eigenvalue weighted by atomic mass is 10.1. The number of carbonyl (C=O) groups is 1. The molecule has 0 fully saturated rings. The normalized spacial score (nSPS) is 9.80. The first-order valence-corrected chi connectivity index (χ1v) is 4.75. The van der Waals surface area contributed by atoms with Crippen molar-refractivity contribution in [2.24, 2.45) is 0 Å². The number of carbonyl (C=O) groups excluding carboxylic acids is 1. The van der Waals surface area contributed by atoms with Gasteiger partial charge >= 0.3 is 0 Å². The number of amides is 1. The van der Waals surface area contributed by atoms with E-state index < -0.39 is 0 Å². The molecule has 0 heterocycles. The van der Waals surface area contributed by atoms with Gasteiger partial charge in [-0.15, -0.1) is 0 Å². The van der Waals surface area contributed by atoms with Gasteiger partial charge in [-0.05, 0) is 25.5 Å². The van der Waals surface area contributed by atoms with E-state index in [-0.39, 0.29) is 12.5 Å². The molecule has 82 valence electrons. The van der Waals surface area contributed by atoms with Crippen LogP contribution >= 0.6 is 0 Å². The van der Waals surface area contributed by atoms with Crippen molar-refractivity contribution >= 4 is 11.6 Å². The number of benzene rings is 1. The van der Waals surface area contributed by atoms with E-state index in [9.17, 15) is 4.79 Å².